The first-order valence-electron chi connectivity index (χ1n) is 6.82. The molecule has 0 unspecified atom stereocenters. The van der Waals surface area contributed by atoms with Crippen LogP contribution in [-0.4, -0.2) is 7.11 Å². The highest BCUT2D eigenvalue weighted by Crippen LogP contribution is 2.28. The van der Waals surface area contributed by atoms with Gasteiger partial charge in [0.05, 0.1) is 7.11 Å². The molecule has 0 aliphatic rings. The van der Waals surface area contributed by atoms with Crippen molar-refractivity contribution in [2.24, 2.45) is 0 Å². The van der Waals surface area contributed by atoms with E-state index in [1.165, 1.54) is 16.3 Å². The molecule has 3 aromatic carbocycles. The van der Waals surface area contributed by atoms with Crippen LogP contribution in [0.2, 0.25) is 0 Å². The van der Waals surface area contributed by atoms with E-state index in [4.69, 9.17) is 4.74 Å². The summed E-state index contributed by atoms with van der Waals surface area (Å²) in [6.07, 6.45) is 0. The van der Waals surface area contributed by atoms with Gasteiger partial charge in [-0.15, -0.1) is 0 Å². The molecular formula is C18H16BrNO. The zero-order valence-corrected chi connectivity index (χ0v) is 13.4. The Hall–Kier alpha value is -2.00. The molecule has 21 heavy (non-hydrogen) atoms. The Kier molecular flexibility index (Phi) is 4.11. The summed E-state index contributed by atoms with van der Waals surface area (Å²) >= 11 is 3.45. The van der Waals surface area contributed by atoms with E-state index < -0.39 is 0 Å². The van der Waals surface area contributed by atoms with Crippen molar-refractivity contribution in [1.82, 2.24) is 0 Å². The third-order valence-corrected chi connectivity index (χ3v) is 4.06. The first-order valence-corrected chi connectivity index (χ1v) is 7.61. The molecule has 0 bridgehead atoms. The highest BCUT2D eigenvalue weighted by Gasteiger charge is 2.07. The Bertz CT molecular complexity index is 753. The third kappa shape index (κ3) is 3.03. The molecule has 0 saturated carbocycles. The minimum Gasteiger partial charge on any atom is -0.496 e. The molecular weight excluding hydrogens is 326 g/mol. The third-order valence-electron chi connectivity index (χ3n) is 3.53. The van der Waals surface area contributed by atoms with Crippen LogP contribution < -0.4 is 10.1 Å². The van der Waals surface area contributed by atoms with E-state index >= 15 is 0 Å². The molecule has 0 heterocycles. The Labute approximate surface area is 132 Å². The number of anilines is 1. The average Bonchev–Trinajstić information content (AvgIpc) is 2.54. The van der Waals surface area contributed by atoms with Crippen molar-refractivity contribution >= 4 is 32.4 Å². The van der Waals surface area contributed by atoms with Gasteiger partial charge in [0.15, 0.2) is 0 Å². The van der Waals surface area contributed by atoms with E-state index in [1.54, 1.807) is 7.11 Å². The van der Waals surface area contributed by atoms with Crippen LogP contribution in [0.4, 0.5) is 5.69 Å². The number of rotatable bonds is 4. The van der Waals surface area contributed by atoms with Crippen molar-refractivity contribution in [1.29, 1.82) is 0 Å². The van der Waals surface area contributed by atoms with Crippen LogP contribution >= 0.6 is 15.9 Å². The number of methoxy groups -OCH3 is 1. The number of hydrogen-bond donors (Lipinski definition) is 1. The smallest absolute Gasteiger partial charge is 0.124 e. The summed E-state index contributed by atoms with van der Waals surface area (Å²) in [7, 11) is 1.72. The second kappa shape index (κ2) is 6.19. The Balaban J connectivity index is 1.93. The quantitative estimate of drug-likeness (QED) is 0.702. The monoisotopic (exact) mass is 341 g/mol. The fourth-order valence-corrected chi connectivity index (χ4v) is 2.71. The largest absolute Gasteiger partial charge is 0.496 e. The molecule has 0 aromatic heterocycles. The molecule has 0 aliphatic carbocycles. The molecule has 0 radical (unpaired) electrons. The van der Waals surface area contributed by atoms with Crippen LogP contribution in [0, 0.1) is 0 Å². The standard InChI is InChI=1S/C18H16BrNO/c1-21-18-11-6-13-4-2-3-5-16(13)17(18)12-20-15-9-7-14(19)8-10-15/h2-11,20H,12H2,1H3. The second-order valence-electron chi connectivity index (χ2n) is 4.83. The molecule has 0 aliphatic heterocycles. The summed E-state index contributed by atoms with van der Waals surface area (Å²) in [4.78, 5) is 0. The van der Waals surface area contributed by atoms with Crippen molar-refractivity contribution in [3.8, 4) is 5.75 Å². The predicted molar refractivity (Wildman–Crippen MR) is 92.0 cm³/mol. The predicted octanol–water partition coefficient (Wildman–Crippen LogP) is 5.22. The van der Waals surface area contributed by atoms with E-state index in [0.29, 0.717) is 0 Å². The molecule has 0 atom stereocenters. The van der Waals surface area contributed by atoms with Crippen LogP contribution in [-0.2, 0) is 6.54 Å². The molecule has 3 aromatic rings. The minimum atomic E-state index is 0.728. The van der Waals surface area contributed by atoms with Gasteiger partial charge in [0.1, 0.15) is 5.75 Å². The van der Waals surface area contributed by atoms with Crippen LogP contribution in [0.1, 0.15) is 5.56 Å². The lowest BCUT2D eigenvalue weighted by atomic mass is 10.0. The summed E-state index contributed by atoms with van der Waals surface area (Å²) in [5.41, 5.74) is 2.27. The molecule has 3 heteroatoms. The zero-order chi connectivity index (χ0) is 14.7. The highest BCUT2D eigenvalue weighted by molar-refractivity contribution is 9.10. The Morgan fingerprint density at radius 1 is 0.952 bits per heavy atom. The van der Waals surface area contributed by atoms with Crippen LogP contribution in [0.3, 0.4) is 0 Å². The van der Waals surface area contributed by atoms with E-state index in [-0.39, 0.29) is 0 Å². The van der Waals surface area contributed by atoms with Crippen molar-refractivity contribution in [3.05, 3.63) is 70.7 Å². The first kappa shape index (κ1) is 14.0. The fraction of sp³-hybridized carbons (Fsp3) is 0.111. The molecule has 0 fully saturated rings. The zero-order valence-electron chi connectivity index (χ0n) is 11.8. The van der Waals surface area contributed by atoms with Crippen LogP contribution in [0.15, 0.2) is 65.1 Å². The van der Waals surface area contributed by atoms with Gasteiger partial charge in [-0.2, -0.15) is 0 Å². The van der Waals surface area contributed by atoms with E-state index in [9.17, 15) is 0 Å². The second-order valence-corrected chi connectivity index (χ2v) is 5.74. The number of nitrogens with one attached hydrogen (secondary N) is 1. The normalized spacial score (nSPS) is 10.6. The molecule has 0 saturated heterocycles. The summed E-state index contributed by atoms with van der Waals surface area (Å²) < 4.78 is 6.59. The fourth-order valence-electron chi connectivity index (χ4n) is 2.45. The maximum Gasteiger partial charge on any atom is 0.124 e. The number of benzene rings is 3. The summed E-state index contributed by atoms with van der Waals surface area (Å²) in [6, 6.07) is 20.7. The number of ether oxygens (including phenoxy) is 1. The maximum absolute atomic E-state index is 5.51. The van der Waals surface area contributed by atoms with E-state index in [2.05, 4.69) is 63.7 Å². The molecule has 0 spiro atoms. The maximum atomic E-state index is 5.51. The van der Waals surface area contributed by atoms with Crippen molar-refractivity contribution in [2.75, 3.05) is 12.4 Å². The molecule has 0 amide bonds. The van der Waals surface area contributed by atoms with Gasteiger partial charge in [-0.3, -0.25) is 0 Å². The van der Waals surface area contributed by atoms with Gasteiger partial charge >= 0.3 is 0 Å². The number of hydrogen-bond acceptors (Lipinski definition) is 2. The van der Waals surface area contributed by atoms with Gasteiger partial charge < -0.3 is 10.1 Å². The van der Waals surface area contributed by atoms with Crippen molar-refractivity contribution < 1.29 is 4.74 Å². The average molecular weight is 342 g/mol. The van der Waals surface area contributed by atoms with Crippen molar-refractivity contribution in [2.45, 2.75) is 6.54 Å². The van der Waals surface area contributed by atoms with E-state index in [1.807, 2.05) is 18.2 Å². The van der Waals surface area contributed by atoms with Gasteiger partial charge in [0.2, 0.25) is 0 Å². The van der Waals surface area contributed by atoms with Crippen LogP contribution in [0.5, 0.6) is 5.75 Å². The topological polar surface area (TPSA) is 21.3 Å². The van der Waals surface area contributed by atoms with Crippen molar-refractivity contribution in [3.63, 3.8) is 0 Å². The van der Waals surface area contributed by atoms with Gasteiger partial charge in [0, 0.05) is 22.3 Å². The SMILES string of the molecule is COc1ccc2ccccc2c1CNc1ccc(Br)cc1. The first-order chi connectivity index (χ1) is 10.3. The van der Waals surface area contributed by atoms with Gasteiger partial charge in [-0.1, -0.05) is 46.3 Å². The lowest BCUT2D eigenvalue weighted by Crippen LogP contribution is -2.02. The molecule has 2 nitrogen and oxygen atoms in total. The Morgan fingerprint density at radius 3 is 2.48 bits per heavy atom. The lowest BCUT2D eigenvalue weighted by molar-refractivity contribution is 0.411. The minimum absolute atomic E-state index is 0.728. The van der Waals surface area contributed by atoms with E-state index in [0.717, 1.165) is 22.5 Å². The number of halogens is 1. The summed E-state index contributed by atoms with van der Waals surface area (Å²) in [6.45, 7) is 0.728. The van der Waals surface area contributed by atoms with Gasteiger partial charge in [-0.25, -0.2) is 0 Å². The molecule has 1 N–H and O–H groups in total. The van der Waals surface area contributed by atoms with Gasteiger partial charge in [-0.05, 0) is 41.1 Å². The lowest BCUT2D eigenvalue weighted by Gasteiger charge is -2.13. The molecule has 106 valence electrons. The highest BCUT2D eigenvalue weighted by atomic mass is 79.9. The Morgan fingerprint density at radius 2 is 1.71 bits per heavy atom. The summed E-state index contributed by atoms with van der Waals surface area (Å²) in [5.74, 6) is 0.915. The number of fused-ring (bicyclic) bond motifs is 1. The molecule has 3 rings (SSSR count). The summed E-state index contributed by atoms with van der Waals surface area (Å²) in [5, 5.41) is 5.91. The van der Waals surface area contributed by atoms with Crippen LogP contribution in [0.25, 0.3) is 10.8 Å². The van der Waals surface area contributed by atoms with Gasteiger partial charge in [0.25, 0.3) is 0 Å².